The highest BCUT2D eigenvalue weighted by molar-refractivity contribution is 8.00. The Hall–Kier alpha value is -0.220. The van der Waals surface area contributed by atoms with Crippen molar-refractivity contribution in [2.45, 2.75) is 17.4 Å². The molecule has 4 heteroatoms. The molecule has 16 heavy (non-hydrogen) atoms. The van der Waals surface area contributed by atoms with Crippen molar-refractivity contribution in [1.29, 1.82) is 0 Å². The number of rotatable bonds is 1. The summed E-state index contributed by atoms with van der Waals surface area (Å²) in [5.74, 6) is 1.03. The van der Waals surface area contributed by atoms with Gasteiger partial charge < -0.3 is 4.74 Å². The van der Waals surface area contributed by atoms with Crippen LogP contribution in [0.1, 0.15) is 11.1 Å². The first-order valence-corrected chi connectivity index (χ1v) is 6.78. The summed E-state index contributed by atoms with van der Waals surface area (Å²) in [6.07, 6.45) is 1.05. The van der Waals surface area contributed by atoms with Crippen LogP contribution in [0.25, 0.3) is 0 Å². The van der Waals surface area contributed by atoms with Crippen LogP contribution < -0.4 is 0 Å². The van der Waals surface area contributed by atoms with Gasteiger partial charge in [0.1, 0.15) is 0 Å². The normalized spacial score (nSPS) is 32.8. The molecule has 2 nitrogen and oxygen atoms in total. The van der Waals surface area contributed by atoms with Crippen LogP contribution in [0.5, 0.6) is 0 Å². The van der Waals surface area contributed by atoms with E-state index in [0.717, 1.165) is 17.3 Å². The number of nitrogens with zero attached hydrogens (tertiary/aromatic N) is 1. The molecule has 0 spiro atoms. The molecule has 0 radical (unpaired) electrons. The second-order valence-electron chi connectivity index (χ2n) is 4.39. The van der Waals surface area contributed by atoms with Crippen LogP contribution in [0.2, 0.25) is 5.02 Å². The first-order valence-electron chi connectivity index (χ1n) is 5.35. The monoisotopic (exact) mass is 255 g/mol. The van der Waals surface area contributed by atoms with Gasteiger partial charge in [-0.2, -0.15) is 0 Å². The predicted molar refractivity (Wildman–Crippen MR) is 67.9 cm³/mol. The Morgan fingerprint density at radius 3 is 3.12 bits per heavy atom. The highest BCUT2D eigenvalue weighted by Crippen LogP contribution is 2.52. The minimum atomic E-state index is -0.232. The zero-order valence-corrected chi connectivity index (χ0v) is 10.9. The lowest BCUT2D eigenvalue weighted by Gasteiger charge is -2.34. The van der Waals surface area contributed by atoms with Gasteiger partial charge in [0, 0.05) is 23.6 Å². The molecule has 0 saturated carbocycles. The van der Waals surface area contributed by atoms with Gasteiger partial charge in [-0.05, 0) is 31.2 Å². The lowest BCUT2D eigenvalue weighted by atomic mass is 10.0. The lowest BCUT2D eigenvalue weighted by Crippen LogP contribution is -2.44. The average molecular weight is 256 g/mol. The Morgan fingerprint density at radius 1 is 1.56 bits per heavy atom. The second kappa shape index (κ2) is 3.64. The Kier molecular flexibility index (Phi) is 2.48. The van der Waals surface area contributed by atoms with E-state index in [0.29, 0.717) is 5.25 Å². The fourth-order valence-electron chi connectivity index (χ4n) is 2.91. The van der Waals surface area contributed by atoms with Gasteiger partial charge in [0.05, 0.1) is 5.25 Å². The summed E-state index contributed by atoms with van der Waals surface area (Å²) in [5, 5.41) is 1.31. The van der Waals surface area contributed by atoms with Crippen molar-refractivity contribution in [3.8, 4) is 0 Å². The van der Waals surface area contributed by atoms with E-state index >= 15 is 0 Å². The molecule has 1 heterocycles. The lowest BCUT2D eigenvalue weighted by molar-refractivity contribution is -0.109. The summed E-state index contributed by atoms with van der Waals surface area (Å²) in [4.78, 5) is 2.29. The summed E-state index contributed by atoms with van der Waals surface area (Å²) in [6, 6.07) is 6.15. The van der Waals surface area contributed by atoms with Crippen LogP contribution in [0.3, 0.4) is 0 Å². The molecule has 0 N–H and O–H groups in total. The van der Waals surface area contributed by atoms with Crippen LogP contribution >= 0.6 is 23.4 Å². The van der Waals surface area contributed by atoms with E-state index in [9.17, 15) is 0 Å². The smallest absolute Gasteiger partial charge is 0.160 e. The van der Waals surface area contributed by atoms with Crippen molar-refractivity contribution in [3.63, 3.8) is 0 Å². The summed E-state index contributed by atoms with van der Waals surface area (Å²) < 4.78 is 5.86. The number of hydrogen-bond donors (Lipinski definition) is 0. The Labute approximate surface area is 105 Å². The third-order valence-electron chi connectivity index (χ3n) is 3.64. The SMILES string of the molecule is COC12c3ccc(Cl)cc3CC1SCN2C. The third kappa shape index (κ3) is 1.23. The van der Waals surface area contributed by atoms with Gasteiger partial charge in [-0.25, -0.2) is 0 Å². The molecule has 2 unspecified atom stereocenters. The molecule has 1 aliphatic carbocycles. The molecule has 3 rings (SSSR count). The number of thioether (sulfide) groups is 1. The average Bonchev–Trinajstić information content (AvgIpc) is 2.74. The third-order valence-corrected chi connectivity index (χ3v) is 5.30. The van der Waals surface area contributed by atoms with Gasteiger partial charge in [0.15, 0.2) is 5.72 Å². The minimum absolute atomic E-state index is 0.232. The molecule has 2 atom stereocenters. The van der Waals surface area contributed by atoms with Crippen LogP contribution in [-0.2, 0) is 16.9 Å². The summed E-state index contributed by atoms with van der Waals surface area (Å²) in [6.45, 7) is 0. The maximum absolute atomic E-state index is 6.04. The number of hydrogen-bond acceptors (Lipinski definition) is 3. The van der Waals surface area contributed by atoms with Crippen LogP contribution in [-0.4, -0.2) is 30.2 Å². The molecule has 1 aromatic carbocycles. The Balaban J connectivity index is 2.17. The second-order valence-corrected chi connectivity index (χ2v) is 5.99. The van der Waals surface area contributed by atoms with Gasteiger partial charge in [-0.15, -0.1) is 11.8 Å². The molecule has 2 aliphatic rings. The maximum atomic E-state index is 6.04. The largest absolute Gasteiger partial charge is 0.358 e. The molecule has 1 saturated heterocycles. The van der Waals surface area contributed by atoms with E-state index in [1.807, 2.05) is 17.8 Å². The summed E-state index contributed by atoms with van der Waals surface area (Å²) >= 11 is 8.01. The molecule has 0 bridgehead atoms. The topological polar surface area (TPSA) is 12.5 Å². The minimum Gasteiger partial charge on any atom is -0.358 e. The van der Waals surface area contributed by atoms with Crippen LogP contribution in [0.4, 0.5) is 0 Å². The van der Waals surface area contributed by atoms with E-state index in [1.54, 1.807) is 7.11 Å². The maximum Gasteiger partial charge on any atom is 0.160 e. The van der Waals surface area contributed by atoms with Crippen molar-refractivity contribution in [2.24, 2.45) is 0 Å². The zero-order chi connectivity index (χ0) is 11.3. The van der Waals surface area contributed by atoms with Gasteiger partial charge >= 0.3 is 0 Å². The van der Waals surface area contributed by atoms with Gasteiger partial charge in [0.25, 0.3) is 0 Å². The molecule has 0 aromatic heterocycles. The number of fused-ring (bicyclic) bond motifs is 3. The molecule has 0 amide bonds. The number of halogens is 1. The first kappa shape index (κ1) is 10.9. The molecular weight excluding hydrogens is 242 g/mol. The fourth-order valence-corrected chi connectivity index (χ4v) is 4.63. The number of ether oxygens (including phenoxy) is 1. The van der Waals surface area contributed by atoms with Crippen molar-refractivity contribution in [2.75, 3.05) is 20.0 Å². The van der Waals surface area contributed by atoms with Gasteiger partial charge in [0.2, 0.25) is 0 Å². The zero-order valence-electron chi connectivity index (χ0n) is 9.37. The van der Waals surface area contributed by atoms with E-state index in [2.05, 4.69) is 24.1 Å². The van der Waals surface area contributed by atoms with E-state index in [-0.39, 0.29) is 5.72 Å². The summed E-state index contributed by atoms with van der Waals surface area (Å²) in [7, 11) is 3.93. The Bertz CT molecular complexity index is 439. The van der Waals surface area contributed by atoms with E-state index in [4.69, 9.17) is 16.3 Å². The highest BCUT2D eigenvalue weighted by Gasteiger charge is 2.54. The fraction of sp³-hybridized carbons (Fsp3) is 0.500. The molecule has 1 fully saturated rings. The van der Waals surface area contributed by atoms with Crippen LogP contribution in [0, 0.1) is 0 Å². The van der Waals surface area contributed by atoms with E-state index < -0.39 is 0 Å². The summed E-state index contributed by atoms with van der Waals surface area (Å²) in [5.41, 5.74) is 2.39. The van der Waals surface area contributed by atoms with Crippen LogP contribution in [0.15, 0.2) is 18.2 Å². The van der Waals surface area contributed by atoms with Crippen molar-refractivity contribution < 1.29 is 4.74 Å². The first-order chi connectivity index (χ1) is 7.68. The Morgan fingerprint density at radius 2 is 2.38 bits per heavy atom. The number of benzene rings is 1. The van der Waals surface area contributed by atoms with Crippen molar-refractivity contribution in [1.82, 2.24) is 4.90 Å². The van der Waals surface area contributed by atoms with Crippen molar-refractivity contribution in [3.05, 3.63) is 34.3 Å². The molecule has 1 aliphatic heterocycles. The van der Waals surface area contributed by atoms with Gasteiger partial charge in [-0.1, -0.05) is 17.7 Å². The van der Waals surface area contributed by atoms with Crippen molar-refractivity contribution >= 4 is 23.4 Å². The quantitative estimate of drug-likeness (QED) is 0.766. The molecule has 86 valence electrons. The van der Waals surface area contributed by atoms with Gasteiger partial charge in [-0.3, -0.25) is 4.90 Å². The predicted octanol–water partition coefficient (Wildman–Crippen LogP) is 2.70. The van der Waals surface area contributed by atoms with E-state index in [1.165, 1.54) is 11.1 Å². The standard InChI is InChI=1S/C12H14ClNOS/c1-14-7-16-11-6-8-5-9(13)3-4-10(8)12(11,14)15-2/h3-5,11H,6-7H2,1-2H3. The highest BCUT2D eigenvalue weighted by atomic mass is 35.5. The molecular formula is C12H14ClNOS. The number of methoxy groups -OCH3 is 1. The molecule has 1 aromatic rings.